The van der Waals surface area contributed by atoms with E-state index in [2.05, 4.69) is 0 Å². The first-order valence-electron chi connectivity index (χ1n) is 5.42. The van der Waals surface area contributed by atoms with Gasteiger partial charge in [0.1, 0.15) is 5.82 Å². The summed E-state index contributed by atoms with van der Waals surface area (Å²) < 4.78 is 18.2. The Kier molecular flexibility index (Phi) is 5.20. The van der Waals surface area contributed by atoms with Crippen molar-refractivity contribution in [2.24, 2.45) is 11.7 Å². The largest absolute Gasteiger partial charge is 0.449 e. The highest BCUT2D eigenvalue weighted by Crippen LogP contribution is 2.14. The first-order valence-corrected chi connectivity index (χ1v) is 5.42. The van der Waals surface area contributed by atoms with Crippen LogP contribution in [0, 0.1) is 11.7 Å². The van der Waals surface area contributed by atoms with Crippen molar-refractivity contribution in [1.82, 2.24) is 0 Å². The molecule has 0 aliphatic heterocycles. The molecule has 17 heavy (non-hydrogen) atoms. The molecule has 92 valence electrons. The van der Waals surface area contributed by atoms with Crippen LogP contribution in [0.2, 0.25) is 0 Å². The summed E-state index contributed by atoms with van der Waals surface area (Å²) in [5.41, 5.74) is 5.50. The van der Waals surface area contributed by atoms with E-state index >= 15 is 0 Å². The van der Waals surface area contributed by atoms with E-state index in [-0.39, 0.29) is 18.3 Å². The van der Waals surface area contributed by atoms with Gasteiger partial charge in [-0.15, -0.1) is 0 Å². The predicted molar refractivity (Wildman–Crippen MR) is 63.9 cm³/mol. The van der Waals surface area contributed by atoms with Crippen molar-refractivity contribution >= 4 is 6.09 Å². The molecule has 1 aromatic carbocycles. The molecule has 0 fully saturated rings. The molecule has 0 radical (unpaired) electrons. The van der Waals surface area contributed by atoms with Gasteiger partial charge in [0.15, 0.2) is 0 Å². The summed E-state index contributed by atoms with van der Waals surface area (Å²) in [6.07, 6.45) is 3.38. The Morgan fingerprint density at radius 1 is 1.53 bits per heavy atom. The molecule has 0 aliphatic carbocycles. The molecule has 0 aromatic heterocycles. The Hall–Kier alpha value is -1.84. The number of benzene rings is 1. The zero-order valence-electron chi connectivity index (χ0n) is 9.73. The van der Waals surface area contributed by atoms with E-state index in [1.54, 1.807) is 18.2 Å². The third-order valence-electron chi connectivity index (χ3n) is 2.34. The van der Waals surface area contributed by atoms with Crippen LogP contribution in [0.4, 0.5) is 9.18 Å². The molecule has 1 amide bonds. The highest BCUT2D eigenvalue weighted by atomic mass is 19.1. The van der Waals surface area contributed by atoms with Gasteiger partial charge < -0.3 is 10.5 Å². The maximum absolute atomic E-state index is 13.4. The zero-order chi connectivity index (χ0) is 12.7. The molecule has 1 unspecified atom stereocenters. The molecule has 0 saturated heterocycles. The predicted octanol–water partition coefficient (Wildman–Crippen LogP) is 2.66. The monoisotopic (exact) mass is 237 g/mol. The van der Waals surface area contributed by atoms with Gasteiger partial charge in [0.05, 0.1) is 6.61 Å². The van der Waals surface area contributed by atoms with Crippen molar-refractivity contribution in [3.63, 3.8) is 0 Å². The first kappa shape index (κ1) is 13.2. The summed E-state index contributed by atoms with van der Waals surface area (Å²) in [5, 5.41) is 0. The number of amides is 1. The molecular formula is C13H16FNO2. The van der Waals surface area contributed by atoms with Crippen molar-refractivity contribution in [3.05, 3.63) is 47.8 Å². The molecule has 4 heteroatoms. The fourth-order valence-electron chi connectivity index (χ4n) is 1.59. The number of rotatable bonds is 5. The van der Waals surface area contributed by atoms with E-state index in [9.17, 15) is 9.18 Å². The average molecular weight is 237 g/mol. The van der Waals surface area contributed by atoms with Crippen LogP contribution >= 0.6 is 0 Å². The van der Waals surface area contributed by atoms with Crippen molar-refractivity contribution in [3.8, 4) is 0 Å². The molecule has 2 N–H and O–H groups in total. The molecule has 0 aliphatic rings. The fraction of sp³-hybridized carbons (Fsp3) is 0.308. The van der Waals surface area contributed by atoms with E-state index < -0.39 is 6.09 Å². The molecule has 0 saturated carbocycles. The number of nitrogens with two attached hydrogens (primary N) is 1. The zero-order valence-corrected chi connectivity index (χ0v) is 9.73. The van der Waals surface area contributed by atoms with E-state index in [1.807, 2.05) is 19.1 Å². The number of hydrogen-bond acceptors (Lipinski definition) is 2. The van der Waals surface area contributed by atoms with E-state index in [0.717, 1.165) is 0 Å². The van der Waals surface area contributed by atoms with Gasteiger partial charge in [-0.05, 0) is 25.0 Å². The second-order valence-corrected chi connectivity index (χ2v) is 3.71. The minimum Gasteiger partial charge on any atom is -0.449 e. The average Bonchev–Trinajstić information content (AvgIpc) is 2.29. The summed E-state index contributed by atoms with van der Waals surface area (Å²) >= 11 is 0. The van der Waals surface area contributed by atoms with Gasteiger partial charge in [0, 0.05) is 5.92 Å². The molecule has 1 aromatic rings. The molecular weight excluding hydrogens is 221 g/mol. The van der Waals surface area contributed by atoms with Gasteiger partial charge >= 0.3 is 6.09 Å². The van der Waals surface area contributed by atoms with Crippen molar-refractivity contribution in [2.75, 3.05) is 6.61 Å². The van der Waals surface area contributed by atoms with Crippen molar-refractivity contribution in [2.45, 2.75) is 13.3 Å². The van der Waals surface area contributed by atoms with Gasteiger partial charge in [-0.1, -0.05) is 30.4 Å². The Morgan fingerprint density at radius 2 is 2.24 bits per heavy atom. The minimum absolute atomic E-state index is 0.0654. The summed E-state index contributed by atoms with van der Waals surface area (Å²) in [4.78, 5) is 10.5. The SMILES string of the molecule is C/C=C/C(COC(N)=O)Cc1ccccc1F. The Morgan fingerprint density at radius 3 is 2.82 bits per heavy atom. The minimum atomic E-state index is -0.812. The number of primary amides is 1. The van der Waals surface area contributed by atoms with Crippen LogP contribution < -0.4 is 5.73 Å². The number of ether oxygens (including phenoxy) is 1. The van der Waals surface area contributed by atoms with Crippen LogP contribution in [-0.4, -0.2) is 12.7 Å². The molecule has 3 nitrogen and oxygen atoms in total. The van der Waals surface area contributed by atoms with Gasteiger partial charge in [-0.2, -0.15) is 0 Å². The second kappa shape index (κ2) is 6.68. The molecule has 0 spiro atoms. The summed E-state index contributed by atoms with van der Waals surface area (Å²) in [6, 6.07) is 6.55. The van der Waals surface area contributed by atoms with Crippen LogP contribution in [0.1, 0.15) is 12.5 Å². The Balaban J connectivity index is 2.66. The van der Waals surface area contributed by atoms with Gasteiger partial charge in [0.2, 0.25) is 0 Å². The molecule has 0 heterocycles. The Bertz CT molecular complexity index is 404. The van der Waals surface area contributed by atoms with Crippen LogP contribution in [0.3, 0.4) is 0 Å². The maximum atomic E-state index is 13.4. The molecule has 1 rings (SSSR count). The number of carbonyl (C=O) groups is 1. The van der Waals surface area contributed by atoms with Crippen LogP contribution in [-0.2, 0) is 11.2 Å². The lowest BCUT2D eigenvalue weighted by molar-refractivity contribution is 0.144. The van der Waals surface area contributed by atoms with Crippen molar-refractivity contribution in [1.29, 1.82) is 0 Å². The summed E-state index contributed by atoms with van der Waals surface area (Å²) in [5.74, 6) is -0.314. The number of carbonyl (C=O) groups excluding carboxylic acids is 1. The fourth-order valence-corrected chi connectivity index (χ4v) is 1.59. The van der Waals surface area contributed by atoms with Crippen LogP contribution in [0.25, 0.3) is 0 Å². The summed E-state index contributed by atoms with van der Waals surface area (Å²) in [7, 11) is 0. The highest BCUT2D eigenvalue weighted by molar-refractivity contribution is 5.64. The van der Waals surface area contributed by atoms with E-state index in [0.29, 0.717) is 12.0 Å². The number of hydrogen-bond donors (Lipinski definition) is 1. The lowest BCUT2D eigenvalue weighted by atomic mass is 9.99. The van der Waals surface area contributed by atoms with Crippen molar-refractivity contribution < 1.29 is 13.9 Å². The van der Waals surface area contributed by atoms with Gasteiger partial charge in [-0.3, -0.25) is 0 Å². The topological polar surface area (TPSA) is 52.3 Å². The lowest BCUT2D eigenvalue weighted by Crippen LogP contribution is -2.19. The molecule has 1 atom stereocenters. The third kappa shape index (κ3) is 4.68. The smallest absolute Gasteiger partial charge is 0.404 e. The van der Waals surface area contributed by atoms with E-state index in [1.165, 1.54) is 6.07 Å². The van der Waals surface area contributed by atoms with Gasteiger partial charge in [-0.25, -0.2) is 9.18 Å². The lowest BCUT2D eigenvalue weighted by Gasteiger charge is -2.12. The summed E-state index contributed by atoms with van der Waals surface area (Å²) in [6.45, 7) is 2.02. The molecule has 0 bridgehead atoms. The Labute approximate surface area is 100 Å². The second-order valence-electron chi connectivity index (χ2n) is 3.71. The van der Waals surface area contributed by atoms with Gasteiger partial charge in [0.25, 0.3) is 0 Å². The standard InChI is InChI=1S/C13H16FNO2/c1-2-5-10(9-17-13(15)16)8-11-6-3-4-7-12(11)14/h2-7,10H,8-9H2,1H3,(H2,15,16)/b5-2+. The number of halogens is 1. The van der Waals surface area contributed by atoms with E-state index in [4.69, 9.17) is 10.5 Å². The number of allylic oxidation sites excluding steroid dienone is 1. The van der Waals surface area contributed by atoms with Crippen LogP contribution in [0.5, 0.6) is 0 Å². The first-order chi connectivity index (χ1) is 8.13. The van der Waals surface area contributed by atoms with Crippen LogP contribution in [0.15, 0.2) is 36.4 Å². The maximum Gasteiger partial charge on any atom is 0.404 e. The quantitative estimate of drug-likeness (QED) is 0.800. The third-order valence-corrected chi connectivity index (χ3v) is 2.34. The normalized spacial score (nSPS) is 12.6. The highest BCUT2D eigenvalue weighted by Gasteiger charge is 2.11.